The second-order valence-electron chi connectivity index (χ2n) is 5.78. The highest BCUT2D eigenvalue weighted by molar-refractivity contribution is 7.07. The highest BCUT2D eigenvalue weighted by Crippen LogP contribution is 2.14. The number of hydrogen-bond donors (Lipinski definition) is 2. The first-order chi connectivity index (χ1) is 9.75. The molecular weight excluding hydrogens is 286 g/mol. The van der Waals surface area contributed by atoms with Crippen molar-refractivity contribution in [3.63, 3.8) is 0 Å². The van der Waals surface area contributed by atoms with Crippen LogP contribution in [0.4, 0.5) is 0 Å². The summed E-state index contributed by atoms with van der Waals surface area (Å²) in [6.45, 7) is 5.49. The number of thiazole rings is 1. The van der Waals surface area contributed by atoms with Crippen LogP contribution in [0, 0.1) is 5.41 Å². The van der Waals surface area contributed by atoms with Crippen LogP contribution in [-0.4, -0.2) is 15.9 Å². The van der Waals surface area contributed by atoms with Crippen molar-refractivity contribution in [3.8, 4) is 5.75 Å². The number of phenolic OH excluding ortho intramolecular Hbond substituents is 1. The molecule has 0 spiro atoms. The summed E-state index contributed by atoms with van der Waals surface area (Å²) in [5.41, 5.74) is 0.0167. The molecule has 0 atom stereocenters. The van der Waals surface area contributed by atoms with Gasteiger partial charge in [-0.2, -0.15) is 0 Å². The summed E-state index contributed by atoms with van der Waals surface area (Å²) in [7, 11) is 0. The van der Waals surface area contributed by atoms with Crippen molar-refractivity contribution in [2.24, 2.45) is 5.41 Å². The van der Waals surface area contributed by atoms with Crippen molar-refractivity contribution in [1.82, 2.24) is 4.98 Å². The zero-order valence-corrected chi connectivity index (χ0v) is 13.0. The Labute approximate surface area is 126 Å². The van der Waals surface area contributed by atoms with Crippen LogP contribution in [0.1, 0.15) is 26.3 Å². The Morgan fingerprint density at radius 3 is 2.67 bits per heavy atom. The number of ketones is 1. The standard InChI is InChI=1S/C16H17NO3S/c1-16(2,3)13(19)9-14-17-15(20)12(21-14)8-10-5-4-6-11(18)7-10/h4-9,18H,1-3H3,(H,17,20)/b12-8+,14-9+. The summed E-state index contributed by atoms with van der Waals surface area (Å²) < 4.78 is 1.03. The zero-order chi connectivity index (χ0) is 15.6. The van der Waals surface area contributed by atoms with Gasteiger partial charge in [0.15, 0.2) is 5.78 Å². The Hall–Kier alpha value is -2.14. The van der Waals surface area contributed by atoms with Gasteiger partial charge in [-0.05, 0) is 23.8 Å². The molecule has 0 unspecified atom stereocenters. The molecule has 0 aliphatic rings. The number of nitrogens with one attached hydrogen (secondary N) is 1. The van der Waals surface area contributed by atoms with Crippen LogP contribution in [0.3, 0.4) is 0 Å². The van der Waals surface area contributed by atoms with E-state index >= 15 is 0 Å². The molecule has 110 valence electrons. The lowest BCUT2D eigenvalue weighted by atomic mass is 9.91. The van der Waals surface area contributed by atoms with Crippen molar-refractivity contribution in [2.45, 2.75) is 20.8 Å². The lowest BCUT2D eigenvalue weighted by Gasteiger charge is -2.12. The Morgan fingerprint density at radius 1 is 1.33 bits per heavy atom. The second-order valence-corrected chi connectivity index (χ2v) is 6.87. The number of carbonyl (C=O) groups excluding carboxylic acids is 1. The van der Waals surface area contributed by atoms with Gasteiger partial charge in [-0.3, -0.25) is 9.59 Å². The minimum absolute atomic E-state index is 0.0381. The molecule has 2 N–H and O–H groups in total. The van der Waals surface area contributed by atoms with Gasteiger partial charge in [-0.15, -0.1) is 11.3 Å². The van der Waals surface area contributed by atoms with Gasteiger partial charge in [-0.25, -0.2) is 0 Å². The molecule has 21 heavy (non-hydrogen) atoms. The van der Waals surface area contributed by atoms with Gasteiger partial charge in [0, 0.05) is 11.5 Å². The van der Waals surface area contributed by atoms with Gasteiger partial charge in [0.25, 0.3) is 5.56 Å². The van der Waals surface area contributed by atoms with Crippen LogP contribution >= 0.6 is 11.3 Å². The molecule has 1 aromatic heterocycles. The SMILES string of the molecule is CC(C)(C)C(=O)/C=c1\[nH]c(=O)/c(=C\c2cccc(O)c2)s1. The van der Waals surface area contributed by atoms with E-state index in [1.54, 1.807) is 30.3 Å². The smallest absolute Gasteiger partial charge is 0.266 e. The van der Waals surface area contributed by atoms with E-state index in [0.29, 0.717) is 9.20 Å². The maximum absolute atomic E-state index is 11.9. The maximum atomic E-state index is 11.9. The topological polar surface area (TPSA) is 70.2 Å². The number of carbonyl (C=O) groups is 1. The molecular formula is C16H17NO3S. The summed E-state index contributed by atoms with van der Waals surface area (Å²) in [4.78, 5) is 26.5. The van der Waals surface area contributed by atoms with E-state index in [1.165, 1.54) is 17.4 Å². The number of H-pyrrole nitrogens is 1. The van der Waals surface area contributed by atoms with E-state index in [4.69, 9.17) is 0 Å². The van der Waals surface area contributed by atoms with Crippen LogP contribution in [0.5, 0.6) is 5.75 Å². The Morgan fingerprint density at radius 2 is 2.05 bits per heavy atom. The fourth-order valence-electron chi connectivity index (χ4n) is 1.63. The fraction of sp³-hybridized carbons (Fsp3) is 0.250. The van der Waals surface area contributed by atoms with E-state index < -0.39 is 5.41 Å². The molecule has 0 bridgehead atoms. The first-order valence-electron chi connectivity index (χ1n) is 6.52. The van der Waals surface area contributed by atoms with Crippen molar-refractivity contribution in [1.29, 1.82) is 0 Å². The van der Waals surface area contributed by atoms with Gasteiger partial charge >= 0.3 is 0 Å². The Balaban J connectivity index is 2.48. The number of benzene rings is 1. The number of phenols is 1. The van der Waals surface area contributed by atoms with Gasteiger partial charge in [0.2, 0.25) is 0 Å². The van der Waals surface area contributed by atoms with Crippen molar-refractivity contribution in [3.05, 3.63) is 49.4 Å². The number of aromatic amines is 1. The lowest BCUT2D eigenvalue weighted by molar-refractivity contribution is -0.119. The van der Waals surface area contributed by atoms with E-state index in [9.17, 15) is 14.7 Å². The minimum Gasteiger partial charge on any atom is -0.508 e. The van der Waals surface area contributed by atoms with Crippen molar-refractivity contribution >= 4 is 29.3 Å². The van der Waals surface area contributed by atoms with Crippen molar-refractivity contribution < 1.29 is 9.90 Å². The first-order valence-corrected chi connectivity index (χ1v) is 7.33. The third-order valence-corrected chi connectivity index (χ3v) is 3.81. The summed E-state index contributed by atoms with van der Waals surface area (Å²) in [5, 5.41) is 9.42. The third-order valence-electron chi connectivity index (χ3n) is 2.85. The van der Waals surface area contributed by atoms with Gasteiger partial charge in [0.1, 0.15) is 5.75 Å². The third kappa shape index (κ3) is 3.92. The van der Waals surface area contributed by atoms with Crippen LogP contribution < -0.4 is 14.8 Å². The summed E-state index contributed by atoms with van der Waals surface area (Å²) in [6.07, 6.45) is 3.15. The van der Waals surface area contributed by atoms with E-state index in [2.05, 4.69) is 4.98 Å². The minimum atomic E-state index is -0.476. The molecule has 0 saturated carbocycles. The number of hydrogen-bond acceptors (Lipinski definition) is 4. The van der Waals surface area contributed by atoms with Gasteiger partial charge < -0.3 is 10.1 Å². The largest absolute Gasteiger partial charge is 0.508 e. The summed E-state index contributed by atoms with van der Waals surface area (Å²) >= 11 is 1.22. The predicted molar refractivity (Wildman–Crippen MR) is 84.8 cm³/mol. The van der Waals surface area contributed by atoms with Crippen LogP contribution in [0.2, 0.25) is 0 Å². The van der Waals surface area contributed by atoms with E-state index in [0.717, 1.165) is 5.56 Å². The molecule has 5 heteroatoms. The highest BCUT2D eigenvalue weighted by Gasteiger charge is 2.18. The number of aromatic nitrogens is 1. The lowest BCUT2D eigenvalue weighted by Crippen LogP contribution is -2.22. The fourth-order valence-corrected chi connectivity index (χ4v) is 2.51. The van der Waals surface area contributed by atoms with Gasteiger partial charge in [-0.1, -0.05) is 32.9 Å². The second kappa shape index (κ2) is 5.69. The molecule has 0 amide bonds. The normalized spacial score (nSPS) is 13.7. The van der Waals surface area contributed by atoms with Crippen LogP contribution in [0.25, 0.3) is 12.2 Å². The average molecular weight is 303 g/mol. The molecule has 1 aromatic carbocycles. The number of Topliss-reactive ketones (excluding diaryl/α,β-unsaturated/α-hetero) is 1. The van der Waals surface area contributed by atoms with E-state index in [-0.39, 0.29) is 17.1 Å². The number of rotatable bonds is 2. The molecule has 0 radical (unpaired) electrons. The van der Waals surface area contributed by atoms with E-state index in [1.807, 2.05) is 20.8 Å². The number of aromatic hydroxyl groups is 1. The molecule has 0 fully saturated rings. The zero-order valence-electron chi connectivity index (χ0n) is 12.1. The molecule has 2 aromatic rings. The van der Waals surface area contributed by atoms with Crippen molar-refractivity contribution in [2.75, 3.05) is 0 Å². The summed E-state index contributed by atoms with van der Waals surface area (Å²) in [5.74, 6) is 0.107. The quantitative estimate of drug-likeness (QED) is 0.880. The average Bonchev–Trinajstić information content (AvgIpc) is 2.68. The Kier molecular flexibility index (Phi) is 4.14. The first kappa shape index (κ1) is 15.3. The molecule has 4 nitrogen and oxygen atoms in total. The maximum Gasteiger partial charge on any atom is 0.266 e. The predicted octanol–water partition coefficient (Wildman–Crippen LogP) is 1.37. The van der Waals surface area contributed by atoms with Crippen LogP contribution in [0.15, 0.2) is 29.1 Å². The summed E-state index contributed by atoms with van der Waals surface area (Å²) in [6, 6.07) is 6.64. The van der Waals surface area contributed by atoms with Gasteiger partial charge in [0.05, 0.1) is 9.20 Å². The molecule has 0 aliphatic carbocycles. The highest BCUT2D eigenvalue weighted by atomic mass is 32.1. The molecule has 2 rings (SSSR count). The molecule has 0 saturated heterocycles. The monoisotopic (exact) mass is 303 g/mol. The van der Waals surface area contributed by atoms with Crippen LogP contribution in [-0.2, 0) is 4.79 Å². The molecule has 0 aliphatic heterocycles. The Bertz CT molecular complexity index is 837. The molecule has 1 heterocycles.